The van der Waals surface area contributed by atoms with E-state index in [-0.39, 0.29) is 18.5 Å². The van der Waals surface area contributed by atoms with Gasteiger partial charge >= 0.3 is 0 Å². The highest BCUT2D eigenvalue weighted by atomic mass is 35.5. The minimum Gasteiger partial charge on any atom is -0.393 e. The molecule has 1 atom stereocenters. The first-order valence-corrected chi connectivity index (χ1v) is 4.23. The second-order valence-corrected chi connectivity index (χ2v) is 3.02. The smallest absolute Gasteiger partial charge is 0.0553 e. The van der Waals surface area contributed by atoms with Gasteiger partial charge in [-0.05, 0) is 32.4 Å². The number of aliphatic hydroxyl groups is 1. The first-order chi connectivity index (χ1) is 4.83. The zero-order chi connectivity index (χ0) is 7.40. The zero-order valence-corrected chi connectivity index (χ0v) is 7.94. The van der Waals surface area contributed by atoms with Gasteiger partial charge in [-0.3, -0.25) is 0 Å². The number of hydrogen-bond acceptors (Lipinski definition) is 2. The summed E-state index contributed by atoms with van der Waals surface area (Å²) < 4.78 is 0. The largest absolute Gasteiger partial charge is 0.393 e. The van der Waals surface area contributed by atoms with Crippen LogP contribution in [0.25, 0.3) is 0 Å². The molecule has 0 aromatic rings. The highest BCUT2D eigenvalue weighted by Crippen LogP contribution is 2.09. The van der Waals surface area contributed by atoms with E-state index in [4.69, 9.17) is 0 Å². The Morgan fingerprint density at radius 2 is 2.09 bits per heavy atom. The van der Waals surface area contributed by atoms with Crippen LogP contribution in [0.15, 0.2) is 0 Å². The number of halogens is 1. The van der Waals surface area contributed by atoms with Gasteiger partial charge in [0.25, 0.3) is 0 Å². The maximum atomic E-state index is 9.28. The van der Waals surface area contributed by atoms with Crippen LogP contribution in [0.2, 0.25) is 0 Å². The molecule has 0 saturated carbocycles. The second kappa shape index (κ2) is 5.81. The lowest BCUT2D eigenvalue weighted by Gasteiger charge is -2.16. The van der Waals surface area contributed by atoms with Crippen molar-refractivity contribution in [2.75, 3.05) is 19.6 Å². The molecule has 1 saturated heterocycles. The van der Waals surface area contributed by atoms with Crippen molar-refractivity contribution in [3.8, 4) is 0 Å². The lowest BCUT2D eigenvalue weighted by Crippen LogP contribution is -2.24. The Balaban J connectivity index is 0.000001000. The lowest BCUT2D eigenvalue weighted by atomic mass is 10.2. The van der Waals surface area contributed by atoms with E-state index in [9.17, 15) is 5.11 Å². The van der Waals surface area contributed by atoms with Crippen LogP contribution in [0.4, 0.5) is 0 Å². The summed E-state index contributed by atoms with van der Waals surface area (Å²) in [6.45, 7) is 5.57. The van der Waals surface area contributed by atoms with Gasteiger partial charge in [0, 0.05) is 6.54 Å². The zero-order valence-electron chi connectivity index (χ0n) is 7.12. The van der Waals surface area contributed by atoms with E-state index in [1.165, 1.54) is 6.54 Å². The monoisotopic (exact) mass is 179 g/mol. The maximum Gasteiger partial charge on any atom is 0.0553 e. The van der Waals surface area contributed by atoms with Crippen LogP contribution in [-0.2, 0) is 0 Å². The summed E-state index contributed by atoms with van der Waals surface area (Å²) >= 11 is 0. The van der Waals surface area contributed by atoms with Crippen LogP contribution in [0, 0.1) is 0 Å². The molecule has 0 aromatic carbocycles. The number of nitrogens with zero attached hydrogens (tertiary/aromatic N) is 1. The Kier molecular flexibility index (Phi) is 5.92. The average Bonchev–Trinajstić information content (AvgIpc) is 2.14. The molecule has 3 heteroatoms. The van der Waals surface area contributed by atoms with Gasteiger partial charge in [-0.1, -0.05) is 6.92 Å². The Hall–Kier alpha value is 0.210. The van der Waals surface area contributed by atoms with E-state index in [2.05, 4.69) is 11.8 Å². The molecule has 0 spiro atoms. The van der Waals surface area contributed by atoms with Crippen molar-refractivity contribution in [2.24, 2.45) is 0 Å². The third-order valence-corrected chi connectivity index (χ3v) is 2.24. The van der Waals surface area contributed by atoms with Crippen molar-refractivity contribution < 1.29 is 5.11 Å². The second-order valence-electron chi connectivity index (χ2n) is 3.02. The number of rotatable bonds is 1. The van der Waals surface area contributed by atoms with Gasteiger partial charge in [0.15, 0.2) is 0 Å². The van der Waals surface area contributed by atoms with Crippen LogP contribution in [0.5, 0.6) is 0 Å². The molecule has 0 radical (unpaired) electrons. The van der Waals surface area contributed by atoms with Crippen molar-refractivity contribution in [1.29, 1.82) is 0 Å². The Labute approximate surface area is 75.0 Å². The molecule has 1 fully saturated rings. The van der Waals surface area contributed by atoms with Crippen molar-refractivity contribution in [3.05, 3.63) is 0 Å². The predicted octanol–water partition coefficient (Wildman–Crippen LogP) is 1.27. The van der Waals surface area contributed by atoms with E-state index in [0.29, 0.717) is 0 Å². The van der Waals surface area contributed by atoms with Gasteiger partial charge in [-0.2, -0.15) is 0 Å². The molecule has 1 rings (SSSR count). The molecule has 0 aliphatic carbocycles. The molecule has 1 aliphatic rings. The SMILES string of the molecule is CCN1CCCC(O)CC1.Cl. The van der Waals surface area contributed by atoms with E-state index < -0.39 is 0 Å². The summed E-state index contributed by atoms with van der Waals surface area (Å²) in [5.41, 5.74) is 0. The molecular weight excluding hydrogens is 162 g/mol. The molecule has 1 N–H and O–H groups in total. The van der Waals surface area contributed by atoms with Crippen LogP contribution in [0.1, 0.15) is 26.2 Å². The fourth-order valence-corrected chi connectivity index (χ4v) is 1.45. The average molecular weight is 180 g/mol. The molecule has 0 bridgehead atoms. The molecule has 0 amide bonds. The molecule has 11 heavy (non-hydrogen) atoms. The first kappa shape index (κ1) is 11.2. The predicted molar refractivity (Wildman–Crippen MR) is 49.2 cm³/mol. The van der Waals surface area contributed by atoms with Gasteiger partial charge < -0.3 is 10.0 Å². The Bertz CT molecular complexity index is 100. The lowest BCUT2D eigenvalue weighted by molar-refractivity contribution is 0.156. The normalized spacial score (nSPS) is 27.3. The summed E-state index contributed by atoms with van der Waals surface area (Å²) in [5.74, 6) is 0. The molecule has 1 heterocycles. The topological polar surface area (TPSA) is 23.5 Å². The molecule has 0 aromatic heterocycles. The van der Waals surface area contributed by atoms with Gasteiger partial charge in [-0.25, -0.2) is 0 Å². The van der Waals surface area contributed by atoms with Crippen molar-refractivity contribution in [2.45, 2.75) is 32.3 Å². The number of hydrogen-bond donors (Lipinski definition) is 1. The Morgan fingerprint density at radius 3 is 2.73 bits per heavy atom. The van der Waals surface area contributed by atoms with Crippen LogP contribution >= 0.6 is 12.4 Å². The summed E-state index contributed by atoms with van der Waals surface area (Å²) in [4.78, 5) is 2.40. The number of likely N-dealkylation sites (tertiary alicyclic amines) is 1. The summed E-state index contributed by atoms with van der Waals surface area (Å²) in [6.07, 6.45) is 3.09. The molecule has 2 nitrogen and oxygen atoms in total. The van der Waals surface area contributed by atoms with Crippen LogP contribution in [-0.4, -0.2) is 35.7 Å². The number of aliphatic hydroxyl groups excluding tert-OH is 1. The minimum absolute atomic E-state index is 0. The van der Waals surface area contributed by atoms with Gasteiger partial charge in [-0.15, -0.1) is 12.4 Å². The minimum atomic E-state index is -0.0310. The highest BCUT2D eigenvalue weighted by molar-refractivity contribution is 5.85. The van der Waals surface area contributed by atoms with E-state index in [1.54, 1.807) is 0 Å². The van der Waals surface area contributed by atoms with E-state index in [1.807, 2.05) is 0 Å². The summed E-state index contributed by atoms with van der Waals surface area (Å²) in [6, 6.07) is 0. The third-order valence-electron chi connectivity index (χ3n) is 2.24. The standard InChI is InChI=1S/C8H17NO.ClH/c1-2-9-6-3-4-8(10)5-7-9;/h8,10H,2-7H2,1H3;1H. The van der Waals surface area contributed by atoms with Crippen molar-refractivity contribution in [3.63, 3.8) is 0 Å². The van der Waals surface area contributed by atoms with Crippen molar-refractivity contribution in [1.82, 2.24) is 4.90 Å². The Morgan fingerprint density at radius 1 is 1.36 bits per heavy atom. The molecule has 68 valence electrons. The summed E-state index contributed by atoms with van der Waals surface area (Å²) in [7, 11) is 0. The molecular formula is C8H18ClNO. The van der Waals surface area contributed by atoms with Crippen LogP contribution in [0.3, 0.4) is 0 Å². The maximum absolute atomic E-state index is 9.28. The van der Waals surface area contributed by atoms with Crippen molar-refractivity contribution >= 4 is 12.4 Å². The van der Waals surface area contributed by atoms with Crippen LogP contribution < -0.4 is 0 Å². The van der Waals surface area contributed by atoms with Gasteiger partial charge in [0.05, 0.1) is 6.10 Å². The van der Waals surface area contributed by atoms with Gasteiger partial charge in [0.2, 0.25) is 0 Å². The molecule has 1 unspecified atom stereocenters. The van der Waals surface area contributed by atoms with E-state index in [0.717, 1.165) is 32.4 Å². The highest BCUT2D eigenvalue weighted by Gasteiger charge is 2.12. The van der Waals surface area contributed by atoms with E-state index >= 15 is 0 Å². The van der Waals surface area contributed by atoms with Gasteiger partial charge in [0.1, 0.15) is 0 Å². The summed E-state index contributed by atoms with van der Waals surface area (Å²) in [5, 5.41) is 9.28. The quantitative estimate of drug-likeness (QED) is 0.656. The fourth-order valence-electron chi connectivity index (χ4n) is 1.45. The third kappa shape index (κ3) is 3.94. The first-order valence-electron chi connectivity index (χ1n) is 4.23. The fraction of sp³-hybridized carbons (Fsp3) is 1.00. The molecule has 1 aliphatic heterocycles.